The Morgan fingerprint density at radius 2 is 1.81 bits per heavy atom. The zero-order valence-electron chi connectivity index (χ0n) is 20.5. The SMILES string of the molecule is CNC(=O)C1CCC(Oc2cc3c(N[C@H](C)c4cccc(C(F)F)c4F)ccnc3cc2OC)CC1. The molecule has 1 saturated carbocycles. The lowest BCUT2D eigenvalue weighted by atomic mass is 9.87. The summed E-state index contributed by atoms with van der Waals surface area (Å²) in [5, 5.41) is 6.67. The Labute approximate surface area is 208 Å². The van der Waals surface area contributed by atoms with Crippen LogP contribution in [-0.4, -0.2) is 31.2 Å². The number of carbonyl (C=O) groups excluding carboxylic acids is 1. The summed E-state index contributed by atoms with van der Waals surface area (Å²) in [5.41, 5.74) is 0.828. The Morgan fingerprint density at radius 1 is 1.08 bits per heavy atom. The number of aromatic nitrogens is 1. The van der Waals surface area contributed by atoms with Crippen LogP contribution < -0.4 is 20.1 Å². The second-order valence-electron chi connectivity index (χ2n) is 9.00. The molecular formula is C27H30F3N3O3. The number of ether oxygens (including phenoxy) is 2. The number of nitrogens with zero attached hydrogens (tertiary/aromatic N) is 1. The predicted octanol–water partition coefficient (Wildman–Crippen LogP) is 6.18. The lowest BCUT2D eigenvalue weighted by molar-refractivity contribution is -0.125. The van der Waals surface area contributed by atoms with Crippen molar-refractivity contribution in [1.82, 2.24) is 10.3 Å². The van der Waals surface area contributed by atoms with Gasteiger partial charge in [-0.3, -0.25) is 9.78 Å². The Kier molecular flexibility index (Phi) is 7.86. The number of pyridine rings is 1. The average Bonchev–Trinajstić information content (AvgIpc) is 2.88. The average molecular weight is 502 g/mol. The van der Waals surface area contributed by atoms with E-state index < -0.39 is 23.8 Å². The fourth-order valence-electron chi connectivity index (χ4n) is 4.74. The van der Waals surface area contributed by atoms with Crippen molar-refractivity contribution in [2.75, 3.05) is 19.5 Å². The second-order valence-corrected chi connectivity index (χ2v) is 9.00. The molecule has 0 bridgehead atoms. The Bertz CT molecular complexity index is 1230. The fraction of sp³-hybridized carbons (Fsp3) is 0.407. The standard InChI is InChI=1S/C27H30F3N3O3/c1-15(18-5-4-6-19(25(18)28)26(29)30)33-21-11-12-32-22-14-23(35-3)24(13-20(21)22)36-17-9-7-16(8-10-17)27(34)31-2/h4-6,11-17,26H,7-10H2,1-3H3,(H,31,34)(H,32,33)/t15-,16?,17?/m1/s1. The monoisotopic (exact) mass is 501 g/mol. The summed E-state index contributed by atoms with van der Waals surface area (Å²) in [6, 6.07) is 8.78. The molecule has 1 heterocycles. The maximum Gasteiger partial charge on any atom is 0.266 e. The quantitative estimate of drug-likeness (QED) is 0.386. The van der Waals surface area contributed by atoms with Crippen molar-refractivity contribution in [3.63, 3.8) is 0 Å². The molecule has 3 aromatic rings. The molecule has 1 aliphatic carbocycles. The minimum absolute atomic E-state index is 0.00110. The minimum atomic E-state index is -2.89. The molecule has 0 unspecified atom stereocenters. The number of benzene rings is 2. The molecule has 36 heavy (non-hydrogen) atoms. The van der Waals surface area contributed by atoms with Crippen molar-refractivity contribution in [3.8, 4) is 11.5 Å². The topological polar surface area (TPSA) is 72.5 Å². The molecule has 0 aliphatic heterocycles. The van der Waals surface area contributed by atoms with E-state index in [0.717, 1.165) is 37.1 Å². The normalized spacial score (nSPS) is 18.6. The van der Waals surface area contributed by atoms with E-state index in [1.54, 1.807) is 39.4 Å². The van der Waals surface area contributed by atoms with Crippen molar-refractivity contribution in [2.45, 2.75) is 51.2 Å². The van der Waals surface area contributed by atoms with Crippen LogP contribution in [0.5, 0.6) is 11.5 Å². The number of rotatable bonds is 8. The first-order valence-corrected chi connectivity index (χ1v) is 12.0. The molecule has 1 aliphatic rings. The third-order valence-corrected chi connectivity index (χ3v) is 6.74. The third kappa shape index (κ3) is 5.34. The summed E-state index contributed by atoms with van der Waals surface area (Å²) in [7, 11) is 3.20. The second kappa shape index (κ2) is 11.1. The van der Waals surface area contributed by atoms with Gasteiger partial charge in [0, 0.05) is 41.9 Å². The number of hydrogen-bond donors (Lipinski definition) is 2. The number of anilines is 1. The maximum atomic E-state index is 14.7. The zero-order valence-corrected chi connectivity index (χ0v) is 20.5. The van der Waals surface area contributed by atoms with Crippen LogP contribution in [0.15, 0.2) is 42.6 Å². The van der Waals surface area contributed by atoms with Crippen LogP contribution in [0.4, 0.5) is 18.9 Å². The Hall–Kier alpha value is -3.49. The highest BCUT2D eigenvalue weighted by atomic mass is 19.3. The van der Waals surface area contributed by atoms with E-state index in [9.17, 15) is 18.0 Å². The summed E-state index contributed by atoms with van der Waals surface area (Å²) < 4.78 is 52.9. The molecule has 2 aromatic carbocycles. The lowest BCUT2D eigenvalue weighted by Crippen LogP contribution is -2.33. The van der Waals surface area contributed by atoms with Gasteiger partial charge in [-0.1, -0.05) is 18.2 Å². The van der Waals surface area contributed by atoms with Crippen LogP contribution in [0.1, 0.15) is 56.2 Å². The van der Waals surface area contributed by atoms with Crippen LogP contribution in [0.25, 0.3) is 10.9 Å². The first-order valence-electron chi connectivity index (χ1n) is 12.0. The van der Waals surface area contributed by atoms with Crippen LogP contribution >= 0.6 is 0 Å². The van der Waals surface area contributed by atoms with Crippen molar-refractivity contribution >= 4 is 22.5 Å². The van der Waals surface area contributed by atoms with Crippen LogP contribution in [0.2, 0.25) is 0 Å². The first kappa shape index (κ1) is 25.6. The van der Waals surface area contributed by atoms with Gasteiger partial charge in [0.15, 0.2) is 11.5 Å². The van der Waals surface area contributed by atoms with Gasteiger partial charge < -0.3 is 20.1 Å². The molecular weight excluding hydrogens is 471 g/mol. The molecule has 4 rings (SSSR count). The van der Waals surface area contributed by atoms with E-state index >= 15 is 0 Å². The summed E-state index contributed by atoms with van der Waals surface area (Å²) in [6.07, 6.45) is 1.64. The smallest absolute Gasteiger partial charge is 0.266 e. The van der Waals surface area contributed by atoms with Crippen LogP contribution in [0, 0.1) is 11.7 Å². The maximum absolute atomic E-state index is 14.7. The van der Waals surface area contributed by atoms with E-state index in [2.05, 4.69) is 15.6 Å². The number of carbonyl (C=O) groups is 1. The number of hydrogen-bond acceptors (Lipinski definition) is 5. The van der Waals surface area contributed by atoms with Gasteiger partial charge in [0.25, 0.3) is 6.43 Å². The Morgan fingerprint density at radius 3 is 2.47 bits per heavy atom. The fourth-order valence-corrected chi connectivity index (χ4v) is 4.74. The van der Waals surface area contributed by atoms with Gasteiger partial charge in [-0.05, 0) is 44.7 Å². The van der Waals surface area contributed by atoms with E-state index in [-0.39, 0.29) is 23.5 Å². The number of amides is 1. The third-order valence-electron chi connectivity index (χ3n) is 6.74. The zero-order chi connectivity index (χ0) is 25.8. The van der Waals surface area contributed by atoms with Gasteiger partial charge >= 0.3 is 0 Å². The highest BCUT2D eigenvalue weighted by Gasteiger charge is 2.27. The van der Waals surface area contributed by atoms with Gasteiger partial charge in [0.2, 0.25) is 5.91 Å². The van der Waals surface area contributed by atoms with Crippen molar-refractivity contribution in [3.05, 3.63) is 59.5 Å². The largest absolute Gasteiger partial charge is 0.493 e. The number of halogens is 3. The van der Waals surface area contributed by atoms with Crippen LogP contribution in [0.3, 0.4) is 0 Å². The van der Waals surface area contributed by atoms with E-state index in [1.807, 2.05) is 6.07 Å². The molecule has 1 fully saturated rings. The highest BCUT2D eigenvalue weighted by molar-refractivity contribution is 5.93. The number of alkyl halides is 2. The number of fused-ring (bicyclic) bond motifs is 1. The van der Waals surface area contributed by atoms with E-state index in [4.69, 9.17) is 9.47 Å². The summed E-state index contributed by atoms with van der Waals surface area (Å²) in [5.74, 6) is 0.221. The van der Waals surface area contributed by atoms with Gasteiger partial charge in [-0.15, -0.1) is 0 Å². The summed E-state index contributed by atoms with van der Waals surface area (Å²) >= 11 is 0. The van der Waals surface area contributed by atoms with Crippen molar-refractivity contribution < 1.29 is 27.4 Å². The van der Waals surface area contributed by atoms with E-state index in [0.29, 0.717) is 22.7 Å². The first-order chi connectivity index (χ1) is 17.3. The van der Waals surface area contributed by atoms with Gasteiger partial charge in [-0.2, -0.15) is 0 Å². The molecule has 9 heteroatoms. The molecule has 0 spiro atoms. The lowest BCUT2D eigenvalue weighted by Gasteiger charge is -2.28. The van der Waals surface area contributed by atoms with E-state index in [1.165, 1.54) is 12.1 Å². The Balaban J connectivity index is 1.59. The molecule has 1 aromatic heterocycles. The number of nitrogens with one attached hydrogen (secondary N) is 2. The minimum Gasteiger partial charge on any atom is -0.493 e. The van der Waals surface area contributed by atoms with Gasteiger partial charge in [-0.25, -0.2) is 13.2 Å². The highest BCUT2D eigenvalue weighted by Crippen LogP contribution is 2.38. The molecule has 0 saturated heterocycles. The van der Waals surface area contributed by atoms with Crippen molar-refractivity contribution in [1.29, 1.82) is 0 Å². The van der Waals surface area contributed by atoms with Gasteiger partial charge in [0.1, 0.15) is 5.82 Å². The molecule has 0 radical (unpaired) electrons. The predicted molar refractivity (Wildman–Crippen MR) is 132 cm³/mol. The summed E-state index contributed by atoms with van der Waals surface area (Å²) in [6.45, 7) is 1.71. The van der Waals surface area contributed by atoms with Crippen molar-refractivity contribution in [2.24, 2.45) is 5.92 Å². The summed E-state index contributed by atoms with van der Waals surface area (Å²) in [4.78, 5) is 16.4. The molecule has 6 nitrogen and oxygen atoms in total. The number of methoxy groups -OCH3 is 1. The molecule has 192 valence electrons. The van der Waals surface area contributed by atoms with Crippen LogP contribution in [-0.2, 0) is 4.79 Å². The molecule has 1 amide bonds. The van der Waals surface area contributed by atoms with Gasteiger partial charge in [0.05, 0.1) is 30.3 Å². The molecule has 1 atom stereocenters. The molecule has 2 N–H and O–H groups in total.